The Hall–Kier alpha value is -1.16. The summed E-state index contributed by atoms with van der Waals surface area (Å²) >= 11 is 0. The molecule has 0 amide bonds. The molecule has 14 heavy (non-hydrogen) atoms. The lowest BCUT2D eigenvalue weighted by molar-refractivity contribution is 0.364. The van der Waals surface area contributed by atoms with Gasteiger partial charge in [0.15, 0.2) is 0 Å². The van der Waals surface area contributed by atoms with Gasteiger partial charge in [0.1, 0.15) is 5.82 Å². The lowest BCUT2D eigenvalue weighted by Gasteiger charge is -2.45. The molecule has 0 aliphatic carbocycles. The lowest BCUT2D eigenvalue weighted by Crippen LogP contribution is -2.55. The van der Waals surface area contributed by atoms with Crippen LogP contribution in [0.4, 0.5) is 10.1 Å². The predicted octanol–water partition coefficient (Wildman–Crippen LogP) is 0.629. The second-order valence-electron chi connectivity index (χ2n) is 4.00. The van der Waals surface area contributed by atoms with Crippen LogP contribution >= 0.6 is 0 Å². The van der Waals surface area contributed by atoms with Gasteiger partial charge in [-0.25, -0.2) is 4.39 Å². The number of aromatic nitrogens is 1. The van der Waals surface area contributed by atoms with E-state index in [1.165, 1.54) is 6.20 Å². The molecule has 0 aromatic carbocycles. The van der Waals surface area contributed by atoms with Crippen molar-refractivity contribution in [3.8, 4) is 0 Å². The number of hydrogen-bond acceptors (Lipinski definition) is 3. The number of anilines is 1. The maximum Gasteiger partial charge on any atom is 0.143 e. The summed E-state index contributed by atoms with van der Waals surface area (Å²) in [4.78, 5) is 6.09. The third kappa shape index (κ3) is 1.10. The van der Waals surface area contributed by atoms with Gasteiger partial charge in [-0.3, -0.25) is 4.98 Å². The van der Waals surface area contributed by atoms with E-state index in [0.29, 0.717) is 6.04 Å². The number of fused-ring (bicyclic) bond motifs is 1. The van der Waals surface area contributed by atoms with Gasteiger partial charge >= 0.3 is 0 Å². The maximum atomic E-state index is 12.9. The summed E-state index contributed by atoms with van der Waals surface area (Å²) in [6.07, 6.45) is 2.98. The monoisotopic (exact) mass is 193 g/mol. The first kappa shape index (κ1) is 8.17. The molecule has 1 N–H and O–H groups in total. The van der Waals surface area contributed by atoms with E-state index in [-0.39, 0.29) is 5.82 Å². The fraction of sp³-hybridized carbons (Fsp3) is 0.500. The summed E-state index contributed by atoms with van der Waals surface area (Å²) in [7, 11) is 0. The van der Waals surface area contributed by atoms with Gasteiger partial charge in [0.2, 0.25) is 0 Å². The standard InChI is InChI=1S/C10H12FN3/c11-8-1-9(4-13-3-8)14-6-7-2-12-5-10(7)14/h1,3-4,7,10,12H,2,5-6H2/t7-,10-/m0/s1. The van der Waals surface area contributed by atoms with Crippen LogP contribution in [-0.4, -0.2) is 30.7 Å². The molecule has 2 fully saturated rings. The molecule has 0 saturated carbocycles. The second-order valence-corrected chi connectivity index (χ2v) is 4.00. The molecule has 0 unspecified atom stereocenters. The number of hydrogen-bond donors (Lipinski definition) is 1. The van der Waals surface area contributed by atoms with Crippen molar-refractivity contribution >= 4 is 5.69 Å². The molecule has 1 aromatic rings. The van der Waals surface area contributed by atoms with Crippen molar-refractivity contribution in [2.24, 2.45) is 5.92 Å². The van der Waals surface area contributed by atoms with Crippen molar-refractivity contribution in [1.82, 2.24) is 10.3 Å². The van der Waals surface area contributed by atoms with Gasteiger partial charge in [0.25, 0.3) is 0 Å². The first-order valence-corrected chi connectivity index (χ1v) is 4.92. The highest BCUT2D eigenvalue weighted by atomic mass is 19.1. The van der Waals surface area contributed by atoms with Crippen molar-refractivity contribution in [2.45, 2.75) is 6.04 Å². The average Bonchev–Trinajstić information content (AvgIpc) is 2.48. The normalized spacial score (nSPS) is 29.9. The van der Waals surface area contributed by atoms with Crippen LogP contribution < -0.4 is 10.2 Å². The Kier molecular flexibility index (Phi) is 1.70. The minimum absolute atomic E-state index is 0.253. The molecule has 0 radical (unpaired) electrons. The van der Waals surface area contributed by atoms with Crippen LogP contribution in [0.5, 0.6) is 0 Å². The maximum absolute atomic E-state index is 12.9. The van der Waals surface area contributed by atoms with Crippen molar-refractivity contribution in [3.63, 3.8) is 0 Å². The molecule has 0 spiro atoms. The van der Waals surface area contributed by atoms with Crippen molar-refractivity contribution in [3.05, 3.63) is 24.3 Å². The van der Waals surface area contributed by atoms with Gasteiger partial charge in [-0.2, -0.15) is 0 Å². The summed E-state index contributed by atoms with van der Waals surface area (Å²) in [5.74, 6) is 0.496. The zero-order valence-corrected chi connectivity index (χ0v) is 7.78. The Bertz CT molecular complexity index is 355. The summed E-state index contributed by atoms with van der Waals surface area (Å²) in [5.41, 5.74) is 0.912. The van der Waals surface area contributed by atoms with Crippen LogP contribution in [0, 0.1) is 11.7 Å². The van der Waals surface area contributed by atoms with E-state index in [4.69, 9.17) is 0 Å². The van der Waals surface area contributed by atoms with Crippen LogP contribution in [0.25, 0.3) is 0 Å². The van der Waals surface area contributed by atoms with Gasteiger partial charge in [0.05, 0.1) is 18.1 Å². The molecule has 1 aromatic heterocycles. The topological polar surface area (TPSA) is 28.2 Å². The summed E-state index contributed by atoms with van der Waals surface area (Å²) < 4.78 is 12.9. The molecular formula is C10H12FN3. The molecule has 2 atom stereocenters. The van der Waals surface area contributed by atoms with Crippen molar-refractivity contribution in [2.75, 3.05) is 24.5 Å². The zero-order valence-electron chi connectivity index (χ0n) is 7.78. The number of nitrogens with one attached hydrogen (secondary N) is 1. The summed E-state index contributed by atoms with van der Waals surface area (Å²) in [6, 6.07) is 2.11. The second kappa shape index (κ2) is 2.92. The van der Waals surface area contributed by atoms with E-state index in [2.05, 4.69) is 15.2 Å². The Balaban J connectivity index is 1.83. The molecule has 3 nitrogen and oxygen atoms in total. The Morgan fingerprint density at radius 1 is 1.43 bits per heavy atom. The predicted molar refractivity (Wildman–Crippen MR) is 51.7 cm³/mol. The number of pyridine rings is 1. The minimum atomic E-state index is -0.253. The lowest BCUT2D eigenvalue weighted by atomic mass is 9.91. The van der Waals surface area contributed by atoms with Crippen LogP contribution in [0.3, 0.4) is 0 Å². The SMILES string of the molecule is Fc1cncc(N2C[C@@H]3CNC[C@@H]32)c1. The molecule has 74 valence electrons. The van der Waals surface area contributed by atoms with Crippen LogP contribution in [0.1, 0.15) is 0 Å². The molecular weight excluding hydrogens is 181 g/mol. The van der Waals surface area contributed by atoms with Crippen LogP contribution in [-0.2, 0) is 0 Å². The van der Waals surface area contributed by atoms with E-state index in [9.17, 15) is 4.39 Å². The number of nitrogens with zero attached hydrogens (tertiary/aromatic N) is 2. The number of halogens is 1. The first-order chi connectivity index (χ1) is 6.84. The molecule has 3 heterocycles. The van der Waals surface area contributed by atoms with Crippen molar-refractivity contribution < 1.29 is 4.39 Å². The molecule has 0 bridgehead atoms. The quantitative estimate of drug-likeness (QED) is 0.709. The largest absolute Gasteiger partial charge is 0.365 e. The van der Waals surface area contributed by atoms with Crippen molar-refractivity contribution in [1.29, 1.82) is 0 Å². The van der Waals surface area contributed by atoms with Crippen LogP contribution in [0.15, 0.2) is 18.5 Å². The highest BCUT2D eigenvalue weighted by molar-refractivity contribution is 5.49. The van der Waals surface area contributed by atoms with E-state index < -0.39 is 0 Å². The van der Waals surface area contributed by atoms with E-state index in [1.807, 2.05) is 0 Å². The average molecular weight is 193 g/mol. The zero-order chi connectivity index (χ0) is 9.54. The summed E-state index contributed by atoms with van der Waals surface area (Å²) in [5, 5.41) is 3.34. The smallest absolute Gasteiger partial charge is 0.143 e. The highest BCUT2D eigenvalue weighted by Crippen LogP contribution is 2.32. The van der Waals surface area contributed by atoms with Gasteiger partial charge < -0.3 is 10.2 Å². The fourth-order valence-electron chi connectivity index (χ4n) is 2.37. The molecule has 2 saturated heterocycles. The first-order valence-electron chi connectivity index (χ1n) is 4.92. The van der Waals surface area contributed by atoms with Gasteiger partial charge in [0, 0.05) is 37.7 Å². The van der Waals surface area contributed by atoms with E-state index >= 15 is 0 Å². The number of rotatable bonds is 1. The van der Waals surface area contributed by atoms with Crippen LogP contribution in [0.2, 0.25) is 0 Å². The molecule has 3 rings (SSSR count). The van der Waals surface area contributed by atoms with E-state index in [1.54, 1.807) is 12.3 Å². The molecule has 4 heteroatoms. The fourth-order valence-corrected chi connectivity index (χ4v) is 2.37. The molecule has 2 aliphatic heterocycles. The van der Waals surface area contributed by atoms with Gasteiger partial charge in [-0.15, -0.1) is 0 Å². The Morgan fingerprint density at radius 3 is 3.14 bits per heavy atom. The minimum Gasteiger partial charge on any atom is -0.365 e. The third-order valence-corrected chi connectivity index (χ3v) is 3.16. The highest BCUT2D eigenvalue weighted by Gasteiger charge is 2.42. The summed E-state index contributed by atoms with van der Waals surface area (Å²) in [6.45, 7) is 3.15. The molecule has 2 aliphatic rings. The van der Waals surface area contributed by atoms with Gasteiger partial charge in [-0.1, -0.05) is 0 Å². The van der Waals surface area contributed by atoms with Gasteiger partial charge in [-0.05, 0) is 0 Å². The third-order valence-electron chi connectivity index (χ3n) is 3.16. The Labute approximate surface area is 81.9 Å². The van der Waals surface area contributed by atoms with E-state index in [0.717, 1.165) is 31.2 Å². The Morgan fingerprint density at radius 2 is 2.36 bits per heavy atom.